The average Bonchev–Trinajstić information content (AvgIpc) is 3.14. The molecule has 7 nitrogen and oxygen atoms in total. The van der Waals surface area contributed by atoms with Gasteiger partial charge in [0.2, 0.25) is 15.9 Å². The van der Waals surface area contributed by atoms with Gasteiger partial charge in [-0.15, -0.1) is 0 Å². The highest BCUT2D eigenvalue weighted by atomic mass is 32.2. The zero-order valence-electron chi connectivity index (χ0n) is 16.0. The predicted molar refractivity (Wildman–Crippen MR) is 109 cm³/mol. The Morgan fingerprint density at radius 3 is 2.68 bits per heavy atom. The number of anilines is 1. The molecule has 1 heterocycles. The van der Waals surface area contributed by atoms with Crippen molar-refractivity contribution in [2.24, 2.45) is 5.10 Å². The average molecular weight is 401 g/mol. The van der Waals surface area contributed by atoms with Gasteiger partial charge in [-0.2, -0.15) is 5.10 Å². The topological polar surface area (TPSA) is 88.1 Å². The van der Waals surface area contributed by atoms with Gasteiger partial charge in [-0.05, 0) is 30.7 Å². The molecular weight excluding hydrogens is 378 g/mol. The summed E-state index contributed by atoms with van der Waals surface area (Å²) in [4.78, 5) is 12.2. The summed E-state index contributed by atoms with van der Waals surface area (Å²) in [5.74, 6) is 0.486. The third-order valence-electron chi connectivity index (χ3n) is 4.60. The van der Waals surface area contributed by atoms with Crippen molar-refractivity contribution in [2.75, 3.05) is 17.6 Å². The normalized spacial score (nSPS) is 16.6. The lowest BCUT2D eigenvalue weighted by Crippen LogP contribution is -2.24. The van der Waals surface area contributed by atoms with Gasteiger partial charge in [0, 0.05) is 18.9 Å². The molecule has 2 aromatic carbocycles. The number of amides is 1. The van der Waals surface area contributed by atoms with Crippen LogP contribution in [-0.4, -0.2) is 37.9 Å². The summed E-state index contributed by atoms with van der Waals surface area (Å²) in [6.07, 6.45) is 0.470. The molecule has 1 N–H and O–H groups in total. The molecule has 0 saturated heterocycles. The molecule has 1 amide bonds. The summed E-state index contributed by atoms with van der Waals surface area (Å²) in [5.41, 5.74) is 2.67. The number of nitrogens with zero attached hydrogens (tertiary/aromatic N) is 2. The van der Waals surface area contributed by atoms with Crippen molar-refractivity contribution in [1.82, 2.24) is 5.01 Å². The summed E-state index contributed by atoms with van der Waals surface area (Å²) in [5, 5.41) is 5.95. The number of ether oxygens (including phenoxy) is 1. The van der Waals surface area contributed by atoms with E-state index in [0.29, 0.717) is 29.1 Å². The Morgan fingerprint density at radius 2 is 2.00 bits per heavy atom. The van der Waals surface area contributed by atoms with Gasteiger partial charge in [0.05, 0.1) is 30.3 Å². The minimum Gasteiger partial charge on any atom is -0.497 e. The highest BCUT2D eigenvalue weighted by molar-refractivity contribution is 7.92. The van der Waals surface area contributed by atoms with Crippen LogP contribution in [0.1, 0.15) is 37.4 Å². The Kier molecular flexibility index (Phi) is 5.69. The lowest BCUT2D eigenvalue weighted by molar-refractivity contribution is -0.130. The molecule has 3 rings (SSSR count). The monoisotopic (exact) mass is 401 g/mol. The van der Waals surface area contributed by atoms with Crippen LogP contribution in [0.15, 0.2) is 53.6 Å². The zero-order chi connectivity index (χ0) is 20.3. The van der Waals surface area contributed by atoms with Crippen LogP contribution < -0.4 is 9.46 Å². The Balaban J connectivity index is 1.98. The van der Waals surface area contributed by atoms with E-state index in [1.54, 1.807) is 32.2 Å². The van der Waals surface area contributed by atoms with E-state index in [2.05, 4.69) is 9.82 Å². The third kappa shape index (κ3) is 4.17. The number of carbonyl (C=O) groups is 1. The SMILES string of the molecule is CCS(=O)(=O)Nc1ccccc1C1=NN(C(C)=O)C(c2cccc(OC)c2)C1. The molecular formula is C20H23N3O4S. The van der Waals surface area contributed by atoms with Gasteiger partial charge >= 0.3 is 0 Å². The first-order valence-electron chi connectivity index (χ1n) is 8.95. The second-order valence-electron chi connectivity index (χ2n) is 6.46. The predicted octanol–water partition coefficient (Wildman–Crippen LogP) is 3.15. The molecule has 2 aromatic rings. The van der Waals surface area contributed by atoms with Gasteiger partial charge in [-0.1, -0.05) is 30.3 Å². The molecule has 28 heavy (non-hydrogen) atoms. The third-order valence-corrected chi connectivity index (χ3v) is 5.89. The molecule has 0 radical (unpaired) electrons. The smallest absolute Gasteiger partial charge is 0.240 e. The number of nitrogens with one attached hydrogen (secondary N) is 1. The van der Waals surface area contributed by atoms with E-state index in [0.717, 1.165) is 5.56 Å². The first kappa shape index (κ1) is 19.9. The van der Waals surface area contributed by atoms with Crippen molar-refractivity contribution < 1.29 is 17.9 Å². The van der Waals surface area contributed by atoms with Crippen molar-refractivity contribution in [3.8, 4) is 5.75 Å². The maximum atomic E-state index is 12.2. The van der Waals surface area contributed by atoms with Crippen LogP contribution in [0.25, 0.3) is 0 Å². The molecule has 0 fully saturated rings. The maximum absolute atomic E-state index is 12.2. The molecule has 8 heteroatoms. The molecule has 0 bridgehead atoms. The van der Waals surface area contributed by atoms with Crippen LogP contribution in [0.5, 0.6) is 5.75 Å². The summed E-state index contributed by atoms with van der Waals surface area (Å²) in [7, 11) is -1.84. The van der Waals surface area contributed by atoms with E-state index < -0.39 is 10.0 Å². The lowest BCUT2D eigenvalue weighted by Gasteiger charge is -2.20. The second kappa shape index (κ2) is 8.02. The number of sulfonamides is 1. The summed E-state index contributed by atoms with van der Waals surface area (Å²) >= 11 is 0. The van der Waals surface area contributed by atoms with Gasteiger partial charge in [-0.3, -0.25) is 9.52 Å². The Hall–Kier alpha value is -2.87. The number of hydrogen-bond acceptors (Lipinski definition) is 5. The van der Waals surface area contributed by atoms with Crippen LogP contribution in [0.3, 0.4) is 0 Å². The van der Waals surface area contributed by atoms with Crippen molar-refractivity contribution in [2.45, 2.75) is 26.3 Å². The Labute approximate surface area is 165 Å². The van der Waals surface area contributed by atoms with Gasteiger partial charge in [0.15, 0.2) is 0 Å². The molecule has 1 aliphatic heterocycles. The van der Waals surface area contributed by atoms with Crippen LogP contribution in [0.2, 0.25) is 0 Å². The Morgan fingerprint density at radius 1 is 1.25 bits per heavy atom. The molecule has 1 unspecified atom stereocenters. The number of carbonyl (C=O) groups excluding carboxylic acids is 1. The summed E-state index contributed by atoms with van der Waals surface area (Å²) < 4.78 is 32.0. The number of rotatable bonds is 6. The fraction of sp³-hybridized carbons (Fsp3) is 0.300. The molecule has 0 aliphatic carbocycles. The van der Waals surface area contributed by atoms with E-state index in [4.69, 9.17) is 4.74 Å². The quantitative estimate of drug-likeness (QED) is 0.805. The number of hydrogen-bond donors (Lipinski definition) is 1. The number of hydrazone groups is 1. The van der Waals surface area contributed by atoms with E-state index in [1.165, 1.54) is 11.9 Å². The maximum Gasteiger partial charge on any atom is 0.240 e. The second-order valence-corrected chi connectivity index (χ2v) is 8.47. The molecule has 0 aromatic heterocycles. The minimum atomic E-state index is -3.43. The summed E-state index contributed by atoms with van der Waals surface area (Å²) in [6, 6.07) is 14.3. The van der Waals surface area contributed by atoms with Crippen molar-refractivity contribution >= 4 is 27.3 Å². The van der Waals surface area contributed by atoms with E-state index >= 15 is 0 Å². The van der Waals surface area contributed by atoms with Gasteiger partial charge < -0.3 is 4.74 Å². The molecule has 1 atom stereocenters. The number of para-hydroxylation sites is 1. The first-order valence-corrected chi connectivity index (χ1v) is 10.6. The van der Waals surface area contributed by atoms with Crippen molar-refractivity contribution in [1.29, 1.82) is 0 Å². The van der Waals surface area contributed by atoms with E-state index in [9.17, 15) is 13.2 Å². The van der Waals surface area contributed by atoms with Crippen molar-refractivity contribution in [3.63, 3.8) is 0 Å². The van der Waals surface area contributed by atoms with Gasteiger partial charge in [0.25, 0.3) is 0 Å². The highest BCUT2D eigenvalue weighted by Gasteiger charge is 2.32. The number of methoxy groups -OCH3 is 1. The molecule has 0 spiro atoms. The largest absolute Gasteiger partial charge is 0.497 e. The highest BCUT2D eigenvalue weighted by Crippen LogP contribution is 2.35. The lowest BCUT2D eigenvalue weighted by atomic mass is 9.97. The minimum absolute atomic E-state index is 0.0280. The number of benzene rings is 2. The standard InChI is InChI=1S/C20H23N3O4S/c1-4-28(25,26)22-18-11-6-5-10-17(18)19-13-20(23(21-19)14(2)24)15-8-7-9-16(12-15)27-3/h5-12,20,22H,4,13H2,1-3H3. The molecule has 148 valence electrons. The fourth-order valence-electron chi connectivity index (χ4n) is 3.14. The van der Waals surface area contributed by atoms with Crippen LogP contribution in [-0.2, 0) is 14.8 Å². The van der Waals surface area contributed by atoms with Crippen LogP contribution >= 0.6 is 0 Å². The van der Waals surface area contributed by atoms with Crippen LogP contribution in [0, 0.1) is 0 Å². The van der Waals surface area contributed by atoms with E-state index in [1.807, 2.05) is 30.3 Å². The fourth-order valence-corrected chi connectivity index (χ4v) is 3.79. The molecule has 0 saturated carbocycles. The van der Waals surface area contributed by atoms with Gasteiger partial charge in [-0.25, -0.2) is 13.4 Å². The van der Waals surface area contributed by atoms with Crippen molar-refractivity contribution in [3.05, 3.63) is 59.7 Å². The molecule has 1 aliphatic rings. The summed E-state index contributed by atoms with van der Waals surface area (Å²) in [6.45, 7) is 3.04. The van der Waals surface area contributed by atoms with Gasteiger partial charge in [0.1, 0.15) is 5.75 Å². The zero-order valence-corrected chi connectivity index (χ0v) is 16.9. The van der Waals surface area contributed by atoms with Crippen LogP contribution in [0.4, 0.5) is 5.69 Å². The first-order chi connectivity index (χ1) is 13.3. The van der Waals surface area contributed by atoms with E-state index in [-0.39, 0.29) is 17.7 Å². The Bertz CT molecular complexity index is 1020.